The number of halogens is 4. The predicted octanol–water partition coefficient (Wildman–Crippen LogP) is 33.7. The maximum absolute atomic E-state index is 9.06. The molecule has 3 heterocycles. The van der Waals surface area contributed by atoms with Gasteiger partial charge in [0.15, 0.2) is 9.53 Å². The number of benzene rings is 15. The normalized spacial score (nSPS) is 13.6. The molecular weight excluding hydrogens is 2060 g/mol. The number of aromatic nitrogens is 1. The van der Waals surface area contributed by atoms with E-state index in [0.29, 0.717) is 11.5 Å². The van der Waals surface area contributed by atoms with Crippen molar-refractivity contribution in [2.75, 3.05) is 0 Å². The van der Waals surface area contributed by atoms with Crippen LogP contribution in [-0.4, -0.2) is 33.4 Å². The number of hydrogen-bond acceptors (Lipinski definition) is 4. The Hall–Kier alpha value is -12.3. The fourth-order valence-electron chi connectivity index (χ4n) is 19.3. The summed E-state index contributed by atoms with van der Waals surface area (Å²) in [5.74, 6) is 16.6. The number of hydrogen-bond donors (Lipinski definition) is 1. The Morgan fingerprint density at radius 1 is 0.336 bits per heavy atom. The molecule has 1 N–H and O–H groups in total. The third-order valence-electron chi connectivity index (χ3n) is 26.4. The summed E-state index contributed by atoms with van der Waals surface area (Å²) >= 11 is 11.6. The van der Waals surface area contributed by atoms with Crippen LogP contribution in [0.25, 0.3) is 105 Å². The molecule has 0 bridgehead atoms. The predicted molar refractivity (Wildman–Crippen MR) is 607 cm³/mol. The fraction of sp³-hybridized carbons (Fsp3) is 0.168. The van der Waals surface area contributed by atoms with Gasteiger partial charge < -0.3 is 23.1 Å². The van der Waals surface area contributed by atoms with Crippen LogP contribution in [0.2, 0.25) is 39.3 Å². The van der Waals surface area contributed by atoms with Crippen LogP contribution in [0.4, 0.5) is 0 Å². The number of furan rings is 2. The van der Waals surface area contributed by atoms with E-state index in [-0.39, 0.29) is 27.1 Å². The molecule has 675 valence electrons. The van der Waals surface area contributed by atoms with E-state index in [9.17, 15) is 0 Å². The monoisotopic (exact) mass is 2160 g/mol. The second-order valence-corrected chi connectivity index (χ2v) is 52.9. The zero-order valence-corrected chi connectivity index (χ0v) is 89.7. The Morgan fingerprint density at radius 3 is 1.07 bits per heavy atom. The first kappa shape index (κ1) is 97.7. The smallest absolute Gasteiger partial charge is 0.536 e. The van der Waals surface area contributed by atoms with Gasteiger partial charge in [0, 0.05) is 103 Å². The van der Waals surface area contributed by atoms with Crippen molar-refractivity contribution in [1.29, 1.82) is 0 Å². The van der Waals surface area contributed by atoms with Crippen LogP contribution >= 0.6 is 77.0 Å². The maximum atomic E-state index is 9.06. The first-order valence-electron chi connectivity index (χ1n) is 46.0. The van der Waals surface area contributed by atoms with Crippen molar-refractivity contribution < 1.29 is 18.5 Å². The summed E-state index contributed by atoms with van der Waals surface area (Å²) in [5, 5.41) is 13.5. The van der Waals surface area contributed by atoms with Gasteiger partial charge in [0.2, 0.25) is 0 Å². The Morgan fingerprint density at radius 2 is 0.672 bits per heavy atom. The number of nitrogens with zero attached hydrogens (tertiary/aromatic N) is 1. The Labute approximate surface area is 855 Å². The van der Waals surface area contributed by atoms with Crippen LogP contribution in [0.1, 0.15) is 153 Å². The SMILES string of the molecule is Brc1c(I)oc2ccccc12.C#C[Si](C)(C)C.C#Cc1ccc2c(c1)C(C)(C)c1ccccc1-2.C#Cc1ccc2c(c1)C(C)(C)c1ccccc1-2.CC1(C)c2ccccc2-c2ccc(C#C[Si](C)(C)C)cc21.CC1(C)c2ccccc2-c2ccc(C#Cc3oc4ccccc4c3Br)cc21.CC1(C)c2ccccc2-c2ccc(I)cc21.O[B]Oc1cccc2c3ccccc3n(-c3ccccc3)c12. The van der Waals surface area contributed by atoms with Crippen LogP contribution in [0.3, 0.4) is 0 Å². The summed E-state index contributed by atoms with van der Waals surface area (Å²) in [6.07, 6.45) is 16.1. The molecule has 137 heavy (non-hydrogen) atoms. The van der Waals surface area contributed by atoms with Crippen LogP contribution in [0.15, 0.2) is 351 Å². The standard InChI is InChI=1S/C25H17BrO.C20H22Si.C18H13BNO2.2C17H14.C15H13I.C8H4BrIO.C5H10Si/c1-25(2)20-9-5-3-7-17(20)18-13-11-16(15-21(18)25)12-14-23-24(26)19-8-4-6-10-22(19)27-23;1-20(2)18-9-7-6-8-16(18)17-11-10-15(14-19(17)20)12-13-21(3,4)5;21-19-22-17-12-6-10-15-14-9-4-5-11-16(14)20(18(15)17)13-7-2-1-3-8-13;2*1-4-12-9-10-14-13-7-5-6-8-15(13)17(2,3)16(14)11-12;1-15(2)13-6-4-3-5-11(13)12-8-7-10(16)9-14(12)15;9-7-5-3-1-2-4-6(5)11-8(7)10;1-5-6(2,3)4/h3-11,13,15H,1-2H3;6-11,14H,1-5H3;1-12,21H;2*1,5-11H,2-3H3;3-9H,1-2H3;1-4H;1H,2-4H3. The Balaban J connectivity index is 0.000000116. The molecule has 5 nitrogen and oxygen atoms in total. The van der Waals surface area contributed by atoms with Crippen LogP contribution in [-0.2, 0) is 27.1 Å². The fourth-order valence-corrected chi connectivity index (χ4v) is 21.7. The highest BCUT2D eigenvalue weighted by Gasteiger charge is 2.40. The lowest BCUT2D eigenvalue weighted by molar-refractivity contribution is 0.456. The highest BCUT2D eigenvalue weighted by molar-refractivity contribution is 14.1. The summed E-state index contributed by atoms with van der Waals surface area (Å²) < 4.78 is 23.0. The zero-order valence-electron chi connectivity index (χ0n) is 80.2. The topological polar surface area (TPSA) is 60.7 Å². The van der Waals surface area contributed by atoms with Gasteiger partial charge in [-0.1, -0.05) is 357 Å². The van der Waals surface area contributed by atoms with Gasteiger partial charge in [-0.2, -0.15) is 0 Å². The highest BCUT2D eigenvalue weighted by Crippen LogP contribution is 2.54. The van der Waals surface area contributed by atoms with E-state index < -0.39 is 16.1 Å². The molecule has 5 aliphatic carbocycles. The molecule has 0 aliphatic heterocycles. The van der Waals surface area contributed by atoms with Crippen LogP contribution in [0.5, 0.6) is 5.75 Å². The molecule has 3 aromatic heterocycles. The molecule has 0 fully saturated rings. The van der Waals surface area contributed by atoms with Gasteiger partial charge in [-0.25, -0.2) is 0 Å². The third kappa shape index (κ3) is 19.8. The molecule has 1 radical (unpaired) electrons. The minimum absolute atomic E-state index is 0.0104. The molecule has 12 heteroatoms. The molecule has 15 aromatic carbocycles. The van der Waals surface area contributed by atoms with Crippen molar-refractivity contribution >= 4 is 145 Å². The lowest BCUT2D eigenvalue weighted by Crippen LogP contribution is -2.16. The van der Waals surface area contributed by atoms with E-state index in [2.05, 4.69) is 461 Å². The molecule has 23 rings (SSSR count). The van der Waals surface area contributed by atoms with E-state index >= 15 is 0 Å². The highest BCUT2D eigenvalue weighted by atomic mass is 127. The maximum Gasteiger partial charge on any atom is 0.569 e. The van der Waals surface area contributed by atoms with Gasteiger partial charge in [0.1, 0.15) is 33.1 Å². The number of terminal acetylenes is 3. The van der Waals surface area contributed by atoms with E-state index in [1.165, 1.54) is 115 Å². The zero-order chi connectivity index (χ0) is 97.3. The van der Waals surface area contributed by atoms with E-state index in [4.69, 9.17) is 37.8 Å². The first-order chi connectivity index (χ1) is 65.5. The van der Waals surface area contributed by atoms with E-state index in [1.807, 2.05) is 103 Å². The average molecular weight is 2170 g/mol. The van der Waals surface area contributed by atoms with Crippen molar-refractivity contribution in [2.24, 2.45) is 0 Å². The summed E-state index contributed by atoms with van der Waals surface area (Å²) in [4.78, 5) is 0. The van der Waals surface area contributed by atoms with Gasteiger partial charge in [-0.05, 0) is 281 Å². The second kappa shape index (κ2) is 40.0. The summed E-state index contributed by atoms with van der Waals surface area (Å²) in [6.45, 7) is 36.2. The molecule has 0 unspecified atom stereocenters. The van der Waals surface area contributed by atoms with Gasteiger partial charge in [-0.15, -0.1) is 30.4 Å². The number of fused-ring (bicyclic) bond motifs is 20. The molecule has 0 amide bonds. The van der Waals surface area contributed by atoms with Crippen molar-refractivity contribution in [3.63, 3.8) is 0 Å². The van der Waals surface area contributed by atoms with Crippen LogP contribution in [0, 0.1) is 67.3 Å². The Kier molecular flexibility index (Phi) is 28.5. The summed E-state index contributed by atoms with van der Waals surface area (Å²) in [6, 6.07) is 116. The van der Waals surface area contributed by atoms with Crippen molar-refractivity contribution in [2.45, 2.75) is 136 Å². The molecule has 5 aliphatic rings. The first-order valence-corrected chi connectivity index (χ1v) is 56.8. The van der Waals surface area contributed by atoms with Gasteiger partial charge >= 0.3 is 7.69 Å². The van der Waals surface area contributed by atoms with Crippen molar-refractivity contribution in [3.05, 3.63) is 434 Å². The molecule has 18 aromatic rings. The number of rotatable bonds is 3. The van der Waals surface area contributed by atoms with Gasteiger partial charge in [-0.3, -0.25) is 0 Å². The minimum atomic E-state index is -1.33. The van der Waals surface area contributed by atoms with Gasteiger partial charge in [0.05, 0.1) is 20.0 Å². The lowest BCUT2D eigenvalue weighted by Gasteiger charge is -2.21. The quantitative estimate of drug-likeness (QED) is 0.109. The van der Waals surface area contributed by atoms with E-state index in [0.717, 1.165) is 92.1 Å². The largest absolute Gasteiger partial charge is 0.569 e. The van der Waals surface area contributed by atoms with Crippen LogP contribution < -0.4 is 4.65 Å². The van der Waals surface area contributed by atoms with Crippen molar-refractivity contribution in [1.82, 2.24) is 4.57 Å². The molecular formula is C125H107BBr2I2NO4Si2. The van der Waals surface area contributed by atoms with E-state index in [1.54, 1.807) is 0 Å². The molecule has 0 atom stereocenters. The number of para-hydroxylation sites is 5. The molecule has 0 saturated carbocycles. The summed E-state index contributed by atoms with van der Waals surface area (Å²) in [7, 11) is -1.71. The molecule has 0 saturated heterocycles. The summed E-state index contributed by atoms with van der Waals surface area (Å²) in [5.41, 5.74) is 42.9. The molecule has 0 spiro atoms. The second-order valence-electron chi connectivity index (χ2n) is 39.5. The van der Waals surface area contributed by atoms with Crippen molar-refractivity contribution in [3.8, 4) is 127 Å². The lowest BCUT2D eigenvalue weighted by atomic mass is 9.82. The minimum Gasteiger partial charge on any atom is -0.536 e. The average Bonchev–Trinajstić information content (AvgIpc) is 1.60. The Bertz CT molecular complexity index is 7870. The third-order valence-corrected chi connectivity index (χ3v) is 31.9. The van der Waals surface area contributed by atoms with Gasteiger partial charge in [0.25, 0.3) is 0 Å².